The Morgan fingerprint density at radius 2 is 2.24 bits per heavy atom. The van der Waals surface area contributed by atoms with Crippen molar-refractivity contribution in [1.82, 2.24) is 19.8 Å². The van der Waals surface area contributed by atoms with Crippen LogP contribution in [-0.2, 0) is 11.3 Å². The molecule has 1 amide bonds. The predicted octanol–water partition coefficient (Wildman–Crippen LogP) is 0.837. The molecule has 2 aromatic rings. The summed E-state index contributed by atoms with van der Waals surface area (Å²) in [7, 11) is 3.55. The molecule has 1 aromatic heterocycles. The van der Waals surface area contributed by atoms with Crippen LogP contribution in [0.2, 0.25) is 0 Å². The van der Waals surface area contributed by atoms with Gasteiger partial charge in [0.05, 0.1) is 17.2 Å². The van der Waals surface area contributed by atoms with Crippen LogP contribution in [0.4, 0.5) is 0 Å². The Labute approximate surface area is 130 Å². The number of likely N-dealkylation sites (N-methyl/N-ethyl adjacent to an activating group) is 2. The van der Waals surface area contributed by atoms with Crippen LogP contribution in [0.1, 0.15) is 0 Å². The van der Waals surface area contributed by atoms with E-state index in [2.05, 4.69) is 26.2 Å². The van der Waals surface area contributed by atoms with Crippen LogP contribution in [0, 0.1) is 0 Å². The lowest BCUT2D eigenvalue weighted by atomic mass is 10.2. The molecule has 0 fully saturated rings. The third-order valence-electron chi connectivity index (χ3n) is 3.21. The minimum Gasteiger partial charge on any atom is -0.343 e. The standard InChI is InChI=1S/C14H17BrN4O2/c1-16-5-6-18(2)13(20)8-19-9-17-12-4-3-10(15)7-11(12)14(19)21/h3-4,7,9,16H,5-6,8H2,1-2H3. The first-order valence-electron chi connectivity index (χ1n) is 6.56. The monoisotopic (exact) mass is 352 g/mol. The van der Waals surface area contributed by atoms with Crippen molar-refractivity contribution in [3.05, 3.63) is 39.4 Å². The molecular formula is C14H17BrN4O2. The number of fused-ring (bicyclic) bond motifs is 1. The molecule has 0 aliphatic carbocycles. The zero-order valence-corrected chi connectivity index (χ0v) is 13.6. The van der Waals surface area contributed by atoms with E-state index in [0.29, 0.717) is 24.0 Å². The lowest BCUT2D eigenvalue weighted by Crippen LogP contribution is -2.37. The largest absolute Gasteiger partial charge is 0.343 e. The van der Waals surface area contributed by atoms with E-state index >= 15 is 0 Å². The van der Waals surface area contributed by atoms with Crippen molar-refractivity contribution in [3.63, 3.8) is 0 Å². The molecule has 0 atom stereocenters. The molecule has 0 radical (unpaired) electrons. The molecule has 7 heteroatoms. The van der Waals surface area contributed by atoms with Gasteiger partial charge in [-0.25, -0.2) is 4.98 Å². The third-order valence-corrected chi connectivity index (χ3v) is 3.71. The first-order chi connectivity index (χ1) is 10.0. The molecule has 1 N–H and O–H groups in total. The van der Waals surface area contributed by atoms with Crippen LogP contribution in [0.15, 0.2) is 33.8 Å². The highest BCUT2D eigenvalue weighted by Crippen LogP contribution is 2.14. The Bertz CT molecular complexity index is 714. The van der Waals surface area contributed by atoms with Gasteiger partial charge in [-0.15, -0.1) is 0 Å². The predicted molar refractivity (Wildman–Crippen MR) is 85.3 cm³/mol. The number of hydrogen-bond acceptors (Lipinski definition) is 4. The highest BCUT2D eigenvalue weighted by Gasteiger charge is 2.11. The molecule has 0 aliphatic rings. The number of nitrogens with zero attached hydrogens (tertiary/aromatic N) is 3. The Morgan fingerprint density at radius 3 is 2.95 bits per heavy atom. The highest BCUT2D eigenvalue weighted by atomic mass is 79.9. The van der Waals surface area contributed by atoms with Crippen LogP contribution < -0.4 is 10.9 Å². The van der Waals surface area contributed by atoms with Gasteiger partial charge in [-0.05, 0) is 25.2 Å². The van der Waals surface area contributed by atoms with E-state index in [1.807, 2.05) is 13.1 Å². The number of benzene rings is 1. The van der Waals surface area contributed by atoms with E-state index in [4.69, 9.17) is 0 Å². The minimum atomic E-state index is -0.211. The summed E-state index contributed by atoms with van der Waals surface area (Å²) < 4.78 is 2.15. The maximum Gasteiger partial charge on any atom is 0.261 e. The number of amides is 1. The van der Waals surface area contributed by atoms with Crippen LogP contribution in [0.3, 0.4) is 0 Å². The number of rotatable bonds is 5. The van der Waals surface area contributed by atoms with E-state index < -0.39 is 0 Å². The van der Waals surface area contributed by atoms with Crippen molar-refractivity contribution in [2.24, 2.45) is 0 Å². The van der Waals surface area contributed by atoms with Gasteiger partial charge in [0, 0.05) is 24.6 Å². The Hall–Kier alpha value is -1.73. The van der Waals surface area contributed by atoms with Crippen molar-refractivity contribution in [2.45, 2.75) is 6.54 Å². The molecule has 1 heterocycles. The number of carbonyl (C=O) groups is 1. The molecule has 0 unspecified atom stereocenters. The maximum atomic E-state index is 12.4. The Balaban J connectivity index is 2.25. The average Bonchev–Trinajstić information content (AvgIpc) is 2.48. The zero-order valence-electron chi connectivity index (χ0n) is 12.0. The van der Waals surface area contributed by atoms with Gasteiger partial charge in [0.15, 0.2) is 0 Å². The van der Waals surface area contributed by atoms with Crippen LogP contribution in [0.5, 0.6) is 0 Å². The summed E-state index contributed by atoms with van der Waals surface area (Å²) in [4.78, 5) is 30.3. The molecule has 0 spiro atoms. The summed E-state index contributed by atoms with van der Waals surface area (Å²) in [6.07, 6.45) is 1.42. The molecule has 0 saturated carbocycles. The molecule has 21 heavy (non-hydrogen) atoms. The fourth-order valence-electron chi connectivity index (χ4n) is 1.91. The van der Waals surface area contributed by atoms with E-state index in [1.165, 1.54) is 10.9 Å². The first kappa shape index (κ1) is 15.7. The van der Waals surface area contributed by atoms with E-state index in [0.717, 1.165) is 4.47 Å². The average molecular weight is 353 g/mol. The van der Waals surface area contributed by atoms with Crippen molar-refractivity contribution < 1.29 is 4.79 Å². The second-order valence-electron chi connectivity index (χ2n) is 4.76. The van der Waals surface area contributed by atoms with Crippen molar-refractivity contribution in [2.75, 3.05) is 27.2 Å². The SMILES string of the molecule is CNCCN(C)C(=O)Cn1cnc2ccc(Br)cc2c1=O. The van der Waals surface area contributed by atoms with Gasteiger partial charge in [-0.3, -0.25) is 14.2 Å². The summed E-state index contributed by atoms with van der Waals surface area (Å²) >= 11 is 3.34. The molecule has 112 valence electrons. The number of nitrogens with one attached hydrogen (secondary N) is 1. The van der Waals surface area contributed by atoms with Crippen molar-refractivity contribution in [1.29, 1.82) is 0 Å². The second kappa shape index (κ2) is 6.82. The van der Waals surface area contributed by atoms with Gasteiger partial charge in [-0.1, -0.05) is 15.9 Å². The van der Waals surface area contributed by atoms with E-state index in [1.54, 1.807) is 24.1 Å². The smallest absolute Gasteiger partial charge is 0.261 e. The molecule has 1 aromatic carbocycles. The molecule has 0 saturated heterocycles. The van der Waals surface area contributed by atoms with Gasteiger partial charge in [-0.2, -0.15) is 0 Å². The Kier molecular flexibility index (Phi) is 5.08. The normalized spacial score (nSPS) is 10.8. The summed E-state index contributed by atoms with van der Waals surface area (Å²) in [6, 6.07) is 5.32. The molecule has 6 nitrogen and oxygen atoms in total. The van der Waals surface area contributed by atoms with Gasteiger partial charge in [0.1, 0.15) is 6.54 Å². The fourth-order valence-corrected chi connectivity index (χ4v) is 2.28. The maximum absolute atomic E-state index is 12.4. The van der Waals surface area contributed by atoms with E-state index in [9.17, 15) is 9.59 Å². The quantitative estimate of drug-likeness (QED) is 0.865. The van der Waals surface area contributed by atoms with Gasteiger partial charge in [0.2, 0.25) is 5.91 Å². The van der Waals surface area contributed by atoms with Crippen LogP contribution in [-0.4, -0.2) is 47.5 Å². The number of aromatic nitrogens is 2. The summed E-state index contributed by atoms with van der Waals surface area (Å²) in [5.41, 5.74) is 0.409. The van der Waals surface area contributed by atoms with Crippen LogP contribution in [0.25, 0.3) is 10.9 Å². The van der Waals surface area contributed by atoms with E-state index in [-0.39, 0.29) is 18.0 Å². The van der Waals surface area contributed by atoms with Gasteiger partial charge < -0.3 is 10.2 Å². The lowest BCUT2D eigenvalue weighted by Gasteiger charge is -2.17. The minimum absolute atomic E-state index is 0.00546. The fraction of sp³-hybridized carbons (Fsp3) is 0.357. The molecular weight excluding hydrogens is 336 g/mol. The van der Waals surface area contributed by atoms with Crippen LogP contribution >= 0.6 is 15.9 Å². The summed E-state index contributed by atoms with van der Waals surface area (Å²) in [5.74, 6) is -0.122. The van der Waals surface area contributed by atoms with Crippen molar-refractivity contribution >= 4 is 32.7 Å². The highest BCUT2D eigenvalue weighted by molar-refractivity contribution is 9.10. The number of carbonyl (C=O) groups excluding carboxylic acids is 1. The van der Waals surface area contributed by atoms with Gasteiger partial charge >= 0.3 is 0 Å². The van der Waals surface area contributed by atoms with Gasteiger partial charge in [0.25, 0.3) is 5.56 Å². The Morgan fingerprint density at radius 1 is 1.48 bits per heavy atom. The number of halogens is 1. The number of hydrogen-bond donors (Lipinski definition) is 1. The summed E-state index contributed by atoms with van der Waals surface area (Å²) in [6.45, 7) is 1.30. The topological polar surface area (TPSA) is 67.2 Å². The molecule has 2 rings (SSSR count). The summed E-state index contributed by atoms with van der Waals surface area (Å²) in [5, 5.41) is 3.48. The zero-order chi connectivity index (χ0) is 15.4. The first-order valence-corrected chi connectivity index (χ1v) is 7.35. The van der Waals surface area contributed by atoms with Crippen molar-refractivity contribution in [3.8, 4) is 0 Å². The second-order valence-corrected chi connectivity index (χ2v) is 5.67. The molecule has 0 aliphatic heterocycles. The molecule has 0 bridgehead atoms. The third kappa shape index (κ3) is 3.68. The lowest BCUT2D eigenvalue weighted by molar-refractivity contribution is -0.130.